The standard InChI is InChI=1S/C29H33F6N5/c1-18-10-20-11-19(21-14-36-37-15-21)5-6-24(20)28(40(18)17-29(33,34)35)27-25(31)12-23(13-26(27)32)38-22-4-2-8-39(16-22)9-3-7-30/h5-6,11-15,18,22,28,38H,2-4,7-10,16-17H2,1H3,(H,36,37)/t18-,22+,28+/m1/s1. The predicted molar refractivity (Wildman–Crippen MR) is 142 cm³/mol. The number of rotatable bonds is 8. The van der Waals surface area contributed by atoms with Crippen molar-refractivity contribution >= 4 is 5.69 Å². The fraction of sp³-hybridized carbons (Fsp3) is 0.483. The van der Waals surface area contributed by atoms with E-state index in [0.717, 1.165) is 41.0 Å². The maximum absolute atomic E-state index is 15.8. The normalized spacial score (nSPS) is 22.3. The molecule has 3 atom stereocenters. The smallest absolute Gasteiger partial charge is 0.381 e. The molecule has 3 aromatic rings. The summed E-state index contributed by atoms with van der Waals surface area (Å²) in [5, 5.41) is 9.87. The first-order chi connectivity index (χ1) is 19.1. The molecular formula is C29H33F6N5. The second kappa shape index (κ2) is 11.8. The van der Waals surface area contributed by atoms with Gasteiger partial charge in [-0.1, -0.05) is 18.2 Å². The van der Waals surface area contributed by atoms with E-state index < -0.39 is 48.7 Å². The second-order valence-electron chi connectivity index (χ2n) is 10.8. The molecule has 0 spiro atoms. The van der Waals surface area contributed by atoms with Crippen LogP contribution in [0.5, 0.6) is 0 Å². The van der Waals surface area contributed by atoms with E-state index in [1.165, 1.54) is 12.1 Å². The Bertz CT molecular complexity index is 1270. The van der Waals surface area contributed by atoms with Crippen molar-refractivity contribution in [1.29, 1.82) is 0 Å². The van der Waals surface area contributed by atoms with Gasteiger partial charge < -0.3 is 10.2 Å². The summed E-state index contributed by atoms with van der Waals surface area (Å²) in [6.45, 7) is 2.04. The van der Waals surface area contributed by atoms with Crippen LogP contribution in [-0.4, -0.2) is 71.1 Å². The fourth-order valence-electron chi connectivity index (χ4n) is 6.11. The Labute approximate surface area is 229 Å². The lowest BCUT2D eigenvalue weighted by molar-refractivity contribution is -0.155. The number of halogens is 6. The number of nitrogens with zero attached hydrogens (tertiary/aromatic N) is 3. The molecule has 3 heterocycles. The predicted octanol–water partition coefficient (Wildman–Crippen LogP) is 6.49. The first kappa shape index (κ1) is 28.5. The summed E-state index contributed by atoms with van der Waals surface area (Å²) in [7, 11) is 0. The van der Waals surface area contributed by atoms with Crippen LogP contribution in [0.2, 0.25) is 0 Å². The molecule has 0 bridgehead atoms. The minimum Gasteiger partial charge on any atom is -0.381 e. The zero-order valence-electron chi connectivity index (χ0n) is 22.2. The third-order valence-electron chi connectivity index (χ3n) is 7.88. The SMILES string of the molecule is C[C@@H]1Cc2cc(-c3cn[nH]c3)ccc2[C@@H](c2c(F)cc(N[C@H]3CCCN(CCCF)C3)cc2F)N1CC(F)(F)F. The summed E-state index contributed by atoms with van der Waals surface area (Å²) >= 11 is 0. The van der Waals surface area contributed by atoms with Gasteiger partial charge >= 0.3 is 6.18 Å². The van der Waals surface area contributed by atoms with Crippen LogP contribution in [0.15, 0.2) is 42.7 Å². The highest BCUT2D eigenvalue weighted by Gasteiger charge is 2.42. The quantitative estimate of drug-likeness (QED) is 0.307. The van der Waals surface area contributed by atoms with Gasteiger partial charge in [-0.2, -0.15) is 18.3 Å². The third kappa shape index (κ3) is 6.30. The van der Waals surface area contributed by atoms with E-state index in [0.29, 0.717) is 31.5 Å². The number of hydrogen-bond acceptors (Lipinski definition) is 4. The number of piperidine rings is 1. The van der Waals surface area contributed by atoms with Crippen molar-refractivity contribution in [2.24, 2.45) is 0 Å². The monoisotopic (exact) mass is 565 g/mol. The highest BCUT2D eigenvalue weighted by Crippen LogP contribution is 2.43. The molecule has 2 aromatic carbocycles. The molecule has 0 radical (unpaired) electrons. The minimum atomic E-state index is -4.55. The number of aromatic amines is 1. The number of hydrogen-bond donors (Lipinski definition) is 2. The van der Waals surface area contributed by atoms with E-state index in [-0.39, 0.29) is 11.7 Å². The maximum atomic E-state index is 15.8. The van der Waals surface area contributed by atoms with Gasteiger partial charge in [-0.3, -0.25) is 14.4 Å². The number of H-pyrrole nitrogens is 1. The summed E-state index contributed by atoms with van der Waals surface area (Å²) in [4.78, 5) is 3.26. The molecule has 5 rings (SSSR count). The zero-order chi connectivity index (χ0) is 28.4. The van der Waals surface area contributed by atoms with Gasteiger partial charge in [-0.05, 0) is 68.0 Å². The van der Waals surface area contributed by atoms with Crippen molar-refractivity contribution < 1.29 is 26.3 Å². The van der Waals surface area contributed by atoms with Crippen LogP contribution >= 0.6 is 0 Å². The number of benzene rings is 2. The molecule has 11 heteroatoms. The van der Waals surface area contributed by atoms with E-state index in [2.05, 4.69) is 20.4 Å². The van der Waals surface area contributed by atoms with Crippen LogP contribution in [0.25, 0.3) is 11.1 Å². The molecule has 0 aliphatic carbocycles. The van der Waals surface area contributed by atoms with E-state index in [9.17, 15) is 17.6 Å². The molecular weight excluding hydrogens is 532 g/mol. The summed E-state index contributed by atoms with van der Waals surface area (Å²) in [5.41, 5.74) is 2.65. The van der Waals surface area contributed by atoms with Crippen molar-refractivity contribution in [3.63, 3.8) is 0 Å². The topological polar surface area (TPSA) is 47.2 Å². The van der Waals surface area contributed by atoms with Gasteiger partial charge in [0.1, 0.15) is 11.6 Å². The molecule has 0 saturated carbocycles. The van der Waals surface area contributed by atoms with Crippen LogP contribution < -0.4 is 5.32 Å². The molecule has 216 valence electrons. The summed E-state index contributed by atoms with van der Waals surface area (Å²) in [6.07, 6.45) is 1.20. The number of nitrogens with one attached hydrogen (secondary N) is 2. The molecule has 2 aliphatic rings. The van der Waals surface area contributed by atoms with Crippen molar-refractivity contribution in [3.8, 4) is 11.1 Å². The lowest BCUT2D eigenvalue weighted by Crippen LogP contribution is -2.47. The Morgan fingerprint density at radius 1 is 1.10 bits per heavy atom. The van der Waals surface area contributed by atoms with Crippen LogP contribution in [0.1, 0.15) is 48.9 Å². The number of aromatic nitrogens is 2. The maximum Gasteiger partial charge on any atom is 0.401 e. The average Bonchev–Trinajstić information content (AvgIpc) is 3.43. The second-order valence-corrected chi connectivity index (χ2v) is 10.8. The highest BCUT2D eigenvalue weighted by atomic mass is 19.4. The van der Waals surface area contributed by atoms with Crippen LogP contribution in [0, 0.1) is 11.6 Å². The largest absolute Gasteiger partial charge is 0.401 e. The molecule has 1 fully saturated rings. The first-order valence-corrected chi connectivity index (χ1v) is 13.6. The lowest BCUT2D eigenvalue weighted by atomic mass is 9.83. The van der Waals surface area contributed by atoms with Gasteiger partial charge in [0.25, 0.3) is 0 Å². The molecule has 1 saturated heterocycles. The summed E-state index contributed by atoms with van der Waals surface area (Å²) < 4.78 is 85.2. The van der Waals surface area contributed by atoms with Gasteiger partial charge in [0, 0.05) is 48.2 Å². The highest BCUT2D eigenvalue weighted by molar-refractivity contribution is 5.64. The van der Waals surface area contributed by atoms with Crippen LogP contribution in [0.4, 0.5) is 32.0 Å². The minimum absolute atomic E-state index is 0.0727. The zero-order valence-corrected chi connectivity index (χ0v) is 22.2. The molecule has 0 unspecified atom stereocenters. The van der Waals surface area contributed by atoms with Gasteiger partial charge in [-0.15, -0.1) is 0 Å². The Kier molecular flexibility index (Phi) is 8.42. The summed E-state index contributed by atoms with van der Waals surface area (Å²) in [5.74, 6) is -1.80. The van der Waals surface area contributed by atoms with Crippen molar-refractivity contribution in [2.75, 3.05) is 38.2 Å². The number of alkyl halides is 4. The Morgan fingerprint density at radius 2 is 1.88 bits per heavy atom. The van der Waals surface area contributed by atoms with Crippen molar-refractivity contribution in [3.05, 3.63) is 71.1 Å². The van der Waals surface area contributed by atoms with E-state index in [1.54, 1.807) is 31.5 Å². The Hall–Kier alpha value is -3.05. The number of fused-ring (bicyclic) bond motifs is 1. The van der Waals surface area contributed by atoms with Gasteiger partial charge in [0.05, 0.1) is 25.5 Å². The van der Waals surface area contributed by atoms with Gasteiger partial charge in [-0.25, -0.2) is 8.78 Å². The van der Waals surface area contributed by atoms with Crippen LogP contribution in [0.3, 0.4) is 0 Å². The molecule has 0 amide bonds. The molecule has 40 heavy (non-hydrogen) atoms. The van der Waals surface area contributed by atoms with E-state index in [1.807, 2.05) is 6.07 Å². The molecule has 5 nitrogen and oxygen atoms in total. The Balaban J connectivity index is 1.48. The third-order valence-corrected chi connectivity index (χ3v) is 7.88. The van der Waals surface area contributed by atoms with Gasteiger partial charge in [0.2, 0.25) is 0 Å². The molecule has 2 aliphatic heterocycles. The average molecular weight is 566 g/mol. The van der Waals surface area contributed by atoms with Crippen molar-refractivity contribution in [1.82, 2.24) is 20.0 Å². The molecule has 2 N–H and O–H groups in total. The van der Waals surface area contributed by atoms with Gasteiger partial charge in [0.15, 0.2) is 0 Å². The first-order valence-electron chi connectivity index (χ1n) is 13.6. The van der Waals surface area contributed by atoms with E-state index >= 15 is 8.78 Å². The molecule has 1 aromatic heterocycles. The van der Waals surface area contributed by atoms with E-state index in [4.69, 9.17) is 0 Å². The Morgan fingerprint density at radius 3 is 2.55 bits per heavy atom. The fourth-order valence-corrected chi connectivity index (χ4v) is 6.11. The van der Waals surface area contributed by atoms with Crippen molar-refractivity contribution in [2.45, 2.75) is 56.9 Å². The number of anilines is 1. The lowest BCUT2D eigenvalue weighted by Gasteiger charge is -2.43. The number of likely N-dealkylation sites (tertiary alicyclic amines) is 1. The summed E-state index contributed by atoms with van der Waals surface area (Å²) in [6, 6.07) is 5.66. The van der Waals surface area contributed by atoms with Crippen LogP contribution in [-0.2, 0) is 6.42 Å².